The van der Waals surface area contributed by atoms with Crippen LogP contribution in [0.25, 0.3) is 0 Å². The monoisotopic (exact) mass is 242 g/mol. The van der Waals surface area contributed by atoms with Crippen molar-refractivity contribution in [3.63, 3.8) is 0 Å². The van der Waals surface area contributed by atoms with Gasteiger partial charge in [0.2, 0.25) is 11.8 Å². The van der Waals surface area contributed by atoms with Gasteiger partial charge in [-0.1, -0.05) is 0 Å². The number of hydrogen-bond donors (Lipinski definition) is 4. The first-order chi connectivity index (χ1) is 7.70. The Balaban J connectivity index is 3.13. The molecule has 0 spiro atoms. The van der Waals surface area contributed by atoms with E-state index in [9.17, 15) is 14.9 Å². The van der Waals surface area contributed by atoms with Gasteiger partial charge in [-0.05, 0) is 13.8 Å². The third-order valence-electron chi connectivity index (χ3n) is 1.81. The summed E-state index contributed by atoms with van der Waals surface area (Å²) in [7, 11) is 0. The van der Waals surface area contributed by atoms with E-state index in [1.165, 1.54) is 0 Å². The summed E-state index contributed by atoms with van der Waals surface area (Å²) < 4.78 is 0. The summed E-state index contributed by atoms with van der Waals surface area (Å²) in [6.45, 7) is 3.66. The molecular formula is C8H14N6O3. The zero-order chi connectivity index (χ0) is 13.2. The van der Waals surface area contributed by atoms with E-state index in [-0.39, 0.29) is 18.3 Å². The maximum absolute atomic E-state index is 11.3. The third-order valence-corrected chi connectivity index (χ3v) is 1.81. The zero-order valence-electron chi connectivity index (χ0n) is 9.48. The summed E-state index contributed by atoms with van der Waals surface area (Å²) in [4.78, 5) is 27.0. The second-order valence-corrected chi connectivity index (χ2v) is 4.25. The number of nitrogens with one attached hydrogen (secondary N) is 2. The Kier molecular flexibility index (Phi) is 3.32. The third kappa shape index (κ3) is 3.41. The van der Waals surface area contributed by atoms with Crippen molar-refractivity contribution in [3.05, 3.63) is 20.5 Å². The maximum atomic E-state index is 11.3. The molecule has 0 aliphatic heterocycles. The van der Waals surface area contributed by atoms with E-state index in [4.69, 9.17) is 11.5 Å². The lowest BCUT2D eigenvalue weighted by atomic mass is 10.1. The van der Waals surface area contributed by atoms with E-state index in [0.29, 0.717) is 0 Å². The molecule has 0 saturated carbocycles. The number of H-pyrrole nitrogens is 1. The predicted molar refractivity (Wildman–Crippen MR) is 62.7 cm³/mol. The molecule has 17 heavy (non-hydrogen) atoms. The van der Waals surface area contributed by atoms with Crippen molar-refractivity contribution >= 4 is 17.5 Å². The molecule has 0 fully saturated rings. The number of rotatable bonds is 4. The summed E-state index contributed by atoms with van der Waals surface area (Å²) in [5.41, 5.74) is 8.83. The standard InChI is InChI=1S/C8H14N6O3/c1-8(2,10)3-11-5-4(14(16)17)6(15)13-7(9)12-5/h3,10H2,1-2H3,(H4,9,11,12,13,15). The summed E-state index contributed by atoms with van der Waals surface area (Å²) in [6.07, 6.45) is 0. The second-order valence-electron chi connectivity index (χ2n) is 4.25. The van der Waals surface area contributed by atoms with Crippen LogP contribution in [0.5, 0.6) is 0 Å². The van der Waals surface area contributed by atoms with Gasteiger partial charge < -0.3 is 16.8 Å². The van der Waals surface area contributed by atoms with Crippen molar-refractivity contribution in [1.82, 2.24) is 9.97 Å². The molecule has 0 bridgehead atoms. The fourth-order valence-electron chi connectivity index (χ4n) is 1.09. The molecule has 1 aromatic heterocycles. The summed E-state index contributed by atoms with van der Waals surface area (Å²) in [5.74, 6) is -0.382. The molecule has 0 atom stereocenters. The van der Waals surface area contributed by atoms with Crippen LogP contribution >= 0.6 is 0 Å². The van der Waals surface area contributed by atoms with E-state index in [1.807, 2.05) is 0 Å². The van der Waals surface area contributed by atoms with Crippen LogP contribution in [0, 0.1) is 10.1 Å². The van der Waals surface area contributed by atoms with Crippen molar-refractivity contribution in [3.8, 4) is 0 Å². The van der Waals surface area contributed by atoms with E-state index < -0.39 is 21.7 Å². The molecule has 1 heterocycles. The average Bonchev–Trinajstić information content (AvgIpc) is 2.11. The second kappa shape index (κ2) is 4.37. The van der Waals surface area contributed by atoms with Gasteiger partial charge in [0.25, 0.3) is 0 Å². The number of nitro groups is 1. The Morgan fingerprint density at radius 3 is 2.65 bits per heavy atom. The van der Waals surface area contributed by atoms with Gasteiger partial charge in [0.15, 0.2) is 0 Å². The smallest absolute Gasteiger partial charge is 0.369 e. The van der Waals surface area contributed by atoms with E-state index in [2.05, 4.69) is 15.3 Å². The van der Waals surface area contributed by atoms with Crippen LogP contribution in [0.15, 0.2) is 4.79 Å². The van der Waals surface area contributed by atoms with Gasteiger partial charge in [0.1, 0.15) is 0 Å². The lowest BCUT2D eigenvalue weighted by Crippen LogP contribution is -2.40. The molecule has 9 nitrogen and oxygen atoms in total. The minimum Gasteiger partial charge on any atom is -0.369 e. The van der Waals surface area contributed by atoms with Gasteiger partial charge in [-0.3, -0.25) is 19.9 Å². The highest BCUT2D eigenvalue weighted by atomic mass is 16.6. The normalized spacial score (nSPS) is 11.2. The molecule has 0 amide bonds. The largest absolute Gasteiger partial charge is 0.375 e. The maximum Gasteiger partial charge on any atom is 0.375 e. The Labute approximate surface area is 96.4 Å². The van der Waals surface area contributed by atoms with E-state index in [1.54, 1.807) is 13.8 Å². The molecule has 0 radical (unpaired) electrons. The van der Waals surface area contributed by atoms with Gasteiger partial charge in [-0.2, -0.15) is 4.98 Å². The molecule has 6 N–H and O–H groups in total. The van der Waals surface area contributed by atoms with Crippen molar-refractivity contribution in [2.75, 3.05) is 17.6 Å². The number of anilines is 2. The quantitative estimate of drug-likeness (QED) is 0.406. The van der Waals surface area contributed by atoms with Crippen LogP contribution in [0.4, 0.5) is 17.5 Å². The molecule has 0 aliphatic carbocycles. The Bertz CT molecular complexity index is 489. The summed E-state index contributed by atoms with van der Waals surface area (Å²) in [5, 5.41) is 13.4. The fourth-order valence-corrected chi connectivity index (χ4v) is 1.09. The van der Waals surface area contributed by atoms with Gasteiger partial charge in [-0.15, -0.1) is 0 Å². The highest BCUT2D eigenvalue weighted by molar-refractivity contribution is 5.56. The summed E-state index contributed by atoms with van der Waals surface area (Å²) in [6, 6.07) is 0. The predicted octanol–water partition coefficient (Wildman–Crippen LogP) is -0.590. The molecule has 94 valence electrons. The minimum absolute atomic E-state index is 0.185. The van der Waals surface area contributed by atoms with Crippen LogP contribution in [0.3, 0.4) is 0 Å². The number of nitrogens with zero attached hydrogens (tertiary/aromatic N) is 2. The molecule has 0 aliphatic rings. The number of nitrogens with two attached hydrogens (primary N) is 2. The Hall–Kier alpha value is -2.16. The Morgan fingerprint density at radius 1 is 1.59 bits per heavy atom. The van der Waals surface area contributed by atoms with Gasteiger partial charge in [0, 0.05) is 12.1 Å². The first kappa shape index (κ1) is 12.9. The van der Waals surface area contributed by atoms with Crippen molar-refractivity contribution in [1.29, 1.82) is 0 Å². The average molecular weight is 242 g/mol. The topological polar surface area (TPSA) is 153 Å². The highest BCUT2D eigenvalue weighted by Crippen LogP contribution is 2.17. The lowest BCUT2D eigenvalue weighted by molar-refractivity contribution is -0.385. The molecule has 0 saturated heterocycles. The van der Waals surface area contributed by atoms with E-state index in [0.717, 1.165) is 0 Å². The lowest BCUT2D eigenvalue weighted by Gasteiger charge is -2.19. The van der Waals surface area contributed by atoms with Crippen LogP contribution in [-0.2, 0) is 0 Å². The van der Waals surface area contributed by atoms with Crippen LogP contribution in [-0.4, -0.2) is 27.0 Å². The number of aromatic nitrogens is 2. The molecule has 1 aromatic rings. The fraction of sp³-hybridized carbons (Fsp3) is 0.500. The van der Waals surface area contributed by atoms with Crippen molar-refractivity contribution in [2.45, 2.75) is 19.4 Å². The molecular weight excluding hydrogens is 228 g/mol. The van der Waals surface area contributed by atoms with Gasteiger partial charge in [0.05, 0.1) is 4.92 Å². The molecule has 0 aromatic carbocycles. The Morgan fingerprint density at radius 2 is 2.18 bits per heavy atom. The van der Waals surface area contributed by atoms with Gasteiger partial charge >= 0.3 is 11.2 Å². The first-order valence-electron chi connectivity index (χ1n) is 4.77. The van der Waals surface area contributed by atoms with Crippen molar-refractivity contribution < 1.29 is 4.92 Å². The summed E-state index contributed by atoms with van der Waals surface area (Å²) >= 11 is 0. The number of nitrogen functional groups attached to an aromatic ring is 1. The van der Waals surface area contributed by atoms with Crippen LogP contribution in [0.1, 0.15) is 13.8 Å². The molecule has 0 unspecified atom stereocenters. The zero-order valence-corrected chi connectivity index (χ0v) is 9.48. The van der Waals surface area contributed by atoms with Crippen LogP contribution in [0.2, 0.25) is 0 Å². The van der Waals surface area contributed by atoms with Gasteiger partial charge in [-0.25, -0.2) is 0 Å². The number of hydrogen-bond acceptors (Lipinski definition) is 7. The molecule has 9 heteroatoms. The first-order valence-corrected chi connectivity index (χ1v) is 4.77. The SMILES string of the molecule is CC(C)(N)CNc1nc(N)[nH]c(=O)c1[N+](=O)[O-]. The van der Waals surface area contributed by atoms with Crippen LogP contribution < -0.4 is 22.3 Å². The minimum atomic E-state index is -0.903. The highest BCUT2D eigenvalue weighted by Gasteiger charge is 2.23. The van der Waals surface area contributed by atoms with E-state index >= 15 is 0 Å². The number of aromatic amines is 1. The van der Waals surface area contributed by atoms with Crippen molar-refractivity contribution in [2.24, 2.45) is 5.73 Å². The molecule has 1 rings (SSSR count).